The molecule has 0 aromatic heterocycles. The molecule has 0 atom stereocenters. The number of hydrogen-bond donors (Lipinski definition) is 1. The molecule has 0 aliphatic rings. The van der Waals surface area contributed by atoms with Crippen LogP contribution in [-0.4, -0.2) is 6.54 Å². The van der Waals surface area contributed by atoms with Crippen LogP contribution in [-0.2, 0) is 6.54 Å². The van der Waals surface area contributed by atoms with Gasteiger partial charge < -0.3 is 5.32 Å². The van der Waals surface area contributed by atoms with Gasteiger partial charge in [-0.3, -0.25) is 0 Å². The second-order valence-corrected chi connectivity index (χ2v) is 5.75. The van der Waals surface area contributed by atoms with Gasteiger partial charge in [0, 0.05) is 11.6 Å². The van der Waals surface area contributed by atoms with E-state index < -0.39 is 0 Å². The predicted octanol–water partition coefficient (Wildman–Crippen LogP) is 5.04. The molecular formula is C18H22ClN. The Morgan fingerprint density at radius 3 is 2.25 bits per heavy atom. The quantitative estimate of drug-likeness (QED) is 0.830. The highest BCUT2D eigenvalue weighted by atomic mass is 35.5. The topological polar surface area (TPSA) is 12.0 Å². The molecule has 2 aromatic carbocycles. The number of hydrogen-bond acceptors (Lipinski definition) is 1. The second-order valence-electron chi connectivity index (χ2n) is 5.35. The Bertz CT molecular complexity index is 617. The molecule has 1 nitrogen and oxygen atoms in total. The standard InChI is InChI=1S/C18H22ClN/c1-5-20-11-15-6-7-16(12(2)8-15)17-9-14(4)18(19)10-13(17)3/h6-10,20H,5,11H2,1-4H3. The minimum Gasteiger partial charge on any atom is -0.313 e. The zero-order valence-corrected chi connectivity index (χ0v) is 13.4. The van der Waals surface area contributed by atoms with Crippen molar-refractivity contribution >= 4 is 11.6 Å². The largest absolute Gasteiger partial charge is 0.313 e. The molecule has 2 heteroatoms. The minimum atomic E-state index is 0.840. The summed E-state index contributed by atoms with van der Waals surface area (Å²) in [6, 6.07) is 10.9. The SMILES string of the molecule is CCNCc1ccc(-c2cc(C)c(Cl)cc2C)c(C)c1. The van der Waals surface area contributed by atoms with E-state index in [9.17, 15) is 0 Å². The van der Waals surface area contributed by atoms with E-state index in [0.29, 0.717) is 0 Å². The van der Waals surface area contributed by atoms with Gasteiger partial charge in [0.2, 0.25) is 0 Å². The van der Waals surface area contributed by atoms with Crippen LogP contribution in [0.3, 0.4) is 0 Å². The third kappa shape index (κ3) is 3.23. The van der Waals surface area contributed by atoms with Crippen LogP contribution < -0.4 is 5.32 Å². The van der Waals surface area contributed by atoms with Gasteiger partial charge in [-0.25, -0.2) is 0 Å². The van der Waals surface area contributed by atoms with Gasteiger partial charge in [-0.1, -0.05) is 36.7 Å². The van der Waals surface area contributed by atoms with E-state index >= 15 is 0 Å². The van der Waals surface area contributed by atoms with Crippen molar-refractivity contribution in [3.05, 3.63) is 57.6 Å². The maximum atomic E-state index is 6.19. The van der Waals surface area contributed by atoms with Crippen LogP contribution in [0.25, 0.3) is 11.1 Å². The van der Waals surface area contributed by atoms with E-state index in [1.807, 2.05) is 0 Å². The number of aryl methyl sites for hydroxylation is 3. The van der Waals surface area contributed by atoms with Crippen molar-refractivity contribution in [2.75, 3.05) is 6.54 Å². The molecule has 0 unspecified atom stereocenters. The lowest BCUT2D eigenvalue weighted by atomic mass is 9.94. The summed E-state index contributed by atoms with van der Waals surface area (Å²) in [6.07, 6.45) is 0. The molecule has 0 heterocycles. The monoisotopic (exact) mass is 287 g/mol. The molecule has 0 fully saturated rings. The van der Waals surface area contributed by atoms with Gasteiger partial charge in [-0.05, 0) is 72.8 Å². The molecular weight excluding hydrogens is 266 g/mol. The molecule has 0 aliphatic carbocycles. The lowest BCUT2D eigenvalue weighted by Crippen LogP contribution is -2.11. The molecule has 0 saturated carbocycles. The van der Waals surface area contributed by atoms with Crippen LogP contribution in [0.2, 0.25) is 5.02 Å². The summed E-state index contributed by atoms with van der Waals surface area (Å²) < 4.78 is 0. The van der Waals surface area contributed by atoms with E-state index in [1.165, 1.54) is 27.8 Å². The number of rotatable bonds is 4. The lowest BCUT2D eigenvalue weighted by molar-refractivity contribution is 0.726. The van der Waals surface area contributed by atoms with Crippen LogP contribution in [0.1, 0.15) is 29.2 Å². The third-order valence-electron chi connectivity index (χ3n) is 3.67. The summed E-state index contributed by atoms with van der Waals surface area (Å²) in [5, 5.41) is 4.20. The van der Waals surface area contributed by atoms with Gasteiger partial charge in [0.15, 0.2) is 0 Å². The zero-order chi connectivity index (χ0) is 14.7. The average molecular weight is 288 g/mol. The van der Waals surface area contributed by atoms with E-state index in [-0.39, 0.29) is 0 Å². The fourth-order valence-corrected chi connectivity index (χ4v) is 2.70. The Morgan fingerprint density at radius 2 is 1.60 bits per heavy atom. The highest BCUT2D eigenvalue weighted by molar-refractivity contribution is 6.31. The van der Waals surface area contributed by atoms with Crippen LogP contribution in [0, 0.1) is 20.8 Å². The van der Waals surface area contributed by atoms with Crippen molar-refractivity contribution in [1.82, 2.24) is 5.32 Å². The smallest absolute Gasteiger partial charge is 0.0438 e. The van der Waals surface area contributed by atoms with Crippen molar-refractivity contribution in [2.45, 2.75) is 34.2 Å². The van der Waals surface area contributed by atoms with Crippen LogP contribution in [0.5, 0.6) is 0 Å². The van der Waals surface area contributed by atoms with Gasteiger partial charge in [0.25, 0.3) is 0 Å². The van der Waals surface area contributed by atoms with Crippen molar-refractivity contribution in [3.8, 4) is 11.1 Å². The van der Waals surface area contributed by atoms with Crippen LogP contribution in [0.4, 0.5) is 0 Å². The van der Waals surface area contributed by atoms with E-state index in [0.717, 1.165) is 23.7 Å². The Labute approximate surface area is 127 Å². The first-order valence-corrected chi connectivity index (χ1v) is 7.48. The van der Waals surface area contributed by atoms with E-state index in [4.69, 9.17) is 11.6 Å². The predicted molar refractivity (Wildman–Crippen MR) is 88.5 cm³/mol. The summed E-state index contributed by atoms with van der Waals surface area (Å²) in [6.45, 7) is 10.4. The van der Waals surface area contributed by atoms with E-state index in [2.05, 4.69) is 63.3 Å². The number of nitrogens with one attached hydrogen (secondary N) is 1. The van der Waals surface area contributed by atoms with Crippen molar-refractivity contribution in [2.24, 2.45) is 0 Å². The molecule has 0 bridgehead atoms. The first kappa shape index (κ1) is 15.1. The fourth-order valence-electron chi connectivity index (χ4n) is 2.48. The minimum absolute atomic E-state index is 0.840. The van der Waals surface area contributed by atoms with Gasteiger partial charge in [0.05, 0.1) is 0 Å². The second kappa shape index (κ2) is 6.43. The van der Waals surface area contributed by atoms with Crippen molar-refractivity contribution in [1.29, 1.82) is 0 Å². The summed E-state index contributed by atoms with van der Waals surface area (Å²) in [7, 11) is 0. The van der Waals surface area contributed by atoms with Gasteiger partial charge >= 0.3 is 0 Å². The van der Waals surface area contributed by atoms with Gasteiger partial charge in [-0.15, -0.1) is 0 Å². The molecule has 0 radical (unpaired) electrons. The van der Waals surface area contributed by atoms with Gasteiger partial charge in [0.1, 0.15) is 0 Å². The highest BCUT2D eigenvalue weighted by Crippen LogP contribution is 2.31. The molecule has 2 aromatic rings. The molecule has 2 rings (SSSR count). The maximum Gasteiger partial charge on any atom is 0.0438 e. The van der Waals surface area contributed by atoms with Crippen LogP contribution >= 0.6 is 11.6 Å². The molecule has 0 saturated heterocycles. The molecule has 0 aliphatic heterocycles. The molecule has 20 heavy (non-hydrogen) atoms. The first-order chi connectivity index (χ1) is 9.52. The summed E-state index contributed by atoms with van der Waals surface area (Å²) in [5.41, 5.74) is 7.56. The highest BCUT2D eigenvalue weighted by Gasteiger charge is 2.08. The lowest BCUT2D eigenvalue weighted by Gasteiger charge is -2.13. The molecule has 0 amide bonds. The Balaban J connectivity index is 2.41. The first-order valence-electron chi connectivity index (χ1n) is 7.10. The molecule has 1 N–H and O–H groups in total. The third-order valence-corrected chi connectivity index (χ3v) is 4.07. The summed E-state index contributed by atoms with van der Waals surface area (Å²) in [5.74, 6) is 0. The number of benzene rings is 2. The zero-order valence-electron chi connectivity index (χ0n) is 12.7. The van der Waals surface area contributed by atoms with Gasteiger partial charge in [-0.2, -0.15) is 0 Å². The Hall–Kier alpha value is -1.31. The summed E-state index contributed by atoms with van der Waals surface area (Å²) >= 11 is 6.19. The fraction of sp³-hybridized carbons (Fsp3) is 0.333. The molecule has 106 valence electrons. The van der Waals surface area contributed by atoms with E-state index in [1.54, 1.807) is 0 Å². The number of halogens is 1. The Morgan fingerprint density at radius 1 is 0.900 bits per heavy atom. The van der Waals surface area contributed by atoms with Crippen LogP contribution in [0.15, 0.2) is 30.3 Å². The normalized spacial score (nSPS) is 10.8. The molecule has 0 spiro atoms. The maximum absolute atomic E-state index is 6.19. The Kier molecular flexibility index (Phi) is 4.85. The van der Waals surface area contributed by atoms with Crippen molar-refractivity contribution in [3.63, 3.8) is 0 Å². The summed E-state index contributed by atoms with van der Waals surface area (Å²) in [4.78, 5) is 0. The average Bonchev–Trinajstić information content (AvgIpc) is 2.41. The van der Waals surface area contributed by atoms with Crippen molar-refractivity contribution < 1.29 is 0 Å².